The lowest BCUT2D eigenvalue weighted by atomic mass is 9.91. The van der Waals surface area contributed by atoms with Crippen LogP contribution in [0.1, 0.15) is 40.0 Å². The van der Waals surface area contributed by atoms with Crippen LogP contribution >= 0.6 is 11.6 Å². The molecular weight excluding hydrogens is 450 g/mol. The van der Waals surface area contributed by atoms with Crippen LogP contribution in [0, 0.1) is 0 Å². The number of aromatic nitrogens is 4. The summed E-state index contributed by atoms with van der Waals surface area (Å²) in [5, 5.41) is 1.04. The fourth-order valence-electron chi connectivity index (χ4n) is 4.12. The predicted octanol–water partition coefficient (Wildman–Crippen LogP) is 6.43. The van der Waals surface area contributed by atoms with Crippen LogP contribution in [-0.2, 0) is 4.74 Å². The molecule has 0 bridgehead atoms. The molecule has 174 valence electrons. The van der Waals surface area contributed by atoms with Gasteiger partial charge >= 0.3 is 6.09 Å². The molecule has 1 aliphatic carbocycles. The number of carbonyl (C=O) groups is 1. The lowest BCUT2D eigenvalue weighted by Gasteiger charge is -2.38. The lowest BCUT2D eigenvalue weighted by Crippen LogP contribution is -2.46. The van der Waals surface area contributed by atoms with Gasteiger partial charge in [-0.05, 0) is 94.1 Å². The normalized spacial score (nSPS) is 14.1. The van der Waals surface area contributed by atoms with Crippen LogP contribution in [0.4, 0.5) is 10.5 Å². The van der Waals surface area contributed by atoms with Gasteiger partial charge in [-0.3, -0.25) is 14.5 Å². The topological polar surface area (TPSA) is 73.1 Å². The third kappa shape index (κ3) is 4.35. The standard InChI is InChI=1S/C26H26ClN5O2/c1-26(2,3)34-25(33)31(18-7-6-8-18)19-10-12-20(13-11-19)32-22(21-9-4-5-14-28-21)15-17-16-29-24(27)30-23(17)32/h4-5,9-16,18H,6-8H2,1-3H3. The molecule has 1 aliphatic rings. The van der Waals surface area contributed by atoms with Crippen LogP contribution in [0.3, 0.4) is 0 Å². The van der Waals surface area contributed by atoms with E-state index in [-0.39, 0.29) is 17.4 Å². The van der Waals surface area contributed by atoms with Gasteiger partial charge in [0, 0.05) is 35.2 Å². The third-order valence-electron chi connectivity index (χ3n) is 5.85. The summed E-state index contributed by atoms with van der Waals surface area (Å²) < 4.78 is 7.71. The van der Waals surface area contributed by atoms with E-state index in [0.717, 1.165) is 47.4 Å². The van der Waals surface area contributed by atoms with E-state index >= 15 is 0 Å². The van der Waals surface area contributed by atoms with Crippen LogP contribution in [0.15, 0.2) is 60.9 Å². The van der Waals surface area contributed by atoms with Gasteiger partial charge in [0.15, 0.2) is 0 Å². The number of carbonyl (C=O) groups excluding carboxylic acids is 1. The zero-order valence-corrected chi connectivity index (χ0v) is 20.2. The Morgan fingerprint density at radius 3 is 2.50 bits per heavy atom. The zero-order valence-electron chi connectivity index (χ0n) is 19.4. The number of amides is 1. The molecule has 3 heterocycles. The second-order valence-corrected chi connectivity index (χ2v) is 9.79. The Balaban J connectivity index is 1.57. The van der Waals surface area contributed by atoms with E-state index in [2.05, 4.69) is 15.0 Å². The van der Waals surface area contributed by atoms with E-state index in [4.69, 9.17) is 16.3 Å². The summed E-state index contributed by atoms with van der Waals surface area (Å²) >= 11 is 6.14. The molecule has 34 heavy (non-hydrogen) atoms. The molecule has 1 amide bonds. The third-order valence-corrected chi connectivity index (χ3v) is 6.04. The minimum Gasteiger partial charge on any atom is -0.443 e. The average Bonchev–Trinajstić information content (AvgIpc) is 3.14. The van der Waals surface area contributed by atoms with Gasteiger partial charge in [0.25, 0.3) is 0 Å². The van der Waals surface area contributed by atoms with Crippen molar-refractivity contribution in [3.05, 3.63) is 66.2 Å². The number of rotatable bonds is 4. The summed E-state index contributed by atoms with van der Waals surface area (Å²) in [6.07, 6.45) is 6.22. The molecule has 8 heteroatoms. The van der Waals surface area contributed by atoms with Crippen LogP contribution in [0.5, 0.6) is 0 Å². The van der Waals surface area contributed by atoms with Crippen molar-refractivity contribution in [2.45, 2.75) is 51.7 Å². The SMILES string of the molecule is CC(C)(C)OC(=O)N(c1ccc(-n2c(-c3ccccn3)cc3cnc(Cl)nc32)cc1)C1CCC1. The fourth-order valence-corrected chi connectivity index (χ4v) is 4.24. The van der Waals surface area contributed by atoms with Crippen molar-refractivity contribution in [3.63, 3.8) is 0 Å². The molecule has 0 N–H and O–H groups in total. The van der Waals surface area contributed by atoms with Gasteiger partial charge in [-0.2, -0.15) is 4.98 Å². The number of anilines is 1. The number of nitrogens with zero attached hydrogens (tertiary/aromatic N) is 5. The zero-order chi connectivity index (χ0) is 23.9. The Hall–Kier alpha value is -3.45. The van der Waals surface area contributed by atoms with Crippen LogP contribution in [-0.4, -0.2) is 37.3 Å². The number of hydrogen-bond acceptors (Lipinski definition) is 5. The van der Waals surface area contributed by atoms with E-state index in [0.29, 0.717) is 5.65 Å². The predicted molar refractivity (Wildman–Crippen MR) is 133 cm³/mol. The number of hydrogen-bond donors (Lipinski definition) is 0. The second-order valence-electron chi connectivity index (χ2n) is 9.45. The molecule has 0 unspecified atom stereocenters. The molecule has 0 atom stereocenters. The first kappa shape index (κ1) is 22.3. The maximum absolute atomic E-state index is 13.0. The van der Waals surface area contributed by atoms with Gasteiger partial charge in [0.2, 0.25) is 5.28 Å². The van der Waals surface area contributed by atoms with Crippen LogP contribution in [0.25, 0.3) is 28.1 Å². The summed E-state index contributed by atoms with van der Waals surface area (Å²) in [5.41, 5.74) is 3.52. The number of fused-ring (bicyclic) bond motifs is 1. The highest BCUT2D eigenvalue weighted by molar-refractivity contribution is 6.28. The molecule has 3 aromatic heterocycles. The summed E-state index contributed by atoms with van der Waals surface area (Å²) in [6, 6.07) is 15.8. The van der Waals surface area contributed by atoms with Crippen molar-refractivity contribution in [1.29, 1.82) is 0 Å². The first-order chi connectivity index (χ1) is 16.3. The van der Waals surface area contributed by atoms with Crippen molar-refractivity contribution in [3.8, 4) is 17.1 Å². The van der Waals surface area contributed by atoms with E-state index < -0.39 is 5.60 Å². The highest BCUT2D eigenvalue weighted by Gasteiger charge is 2.33. The minimum atomic E-state index is -0.556. The summed E-state index contributed by atoms with van der Waals surface area (Å²) in [4.78, 5) is 27.9. The highest BCUT2D eigenvalue weighted by atomic mass is 35.5. The largest absolute Gasteiger partial charge is 0.443 e. The Morgan fingerprint density at radius 2 is 1.88 bits per heavy atom. The van der Waals surface area contributed by atoms with E-state index in [1.54, 1.807) is 17.3 Å². The molecule has 7 nitrogen and oxygen atoms in total. The van der Waals surface area contributed by atoms with Crippen molar-refractivity contribution >= 4 is 34.4 Å². The Kier molecular flexibility index (Phi) is 5.73. The highest BCUT2D eigenvalue weighted by Crippen LogP contribution is 2.34. The summed E-state index contributed by atoms with van der Waals surface area (Å²) in [5.74, 6) is 0. The first-order valence-electron chi connectivity index (χ1n) is 11.4. The molecule has 0 radical (unpaired) electrons. The molecule has 1 aromatic carbocycles. The second kappa shape index (κ2) is 8.72. The molecule has 1 fully saturated rings. The molecule has 1 saturated carbocycles. The van der Waals surface area contributed by atoms with Gasteiger partial charge in [-0.15, -0.1) is 0 Å². The van der Waals surface area contributed by atoms with Gasteiger partial charge < -0.3 is 4.74 Å². The number of pyridine rings is 1. The van der Waals surface area contributed by atoms with Gasteiger partial charge in [0.05, 0.1) is 11.4 Å². The molecule has 0 saturated heterocycles. The average molecular weight is 476 g/mol. The summed E-state index contributed by atoms with van der Waals surface area (Å²) in [6.45, 7) is 5.66. The fraction of sp³-hybridized carbons (Fsp3) is 0.308. The molecule has 4 aromatic rings. The van der Waals surface area contributed by atoms with Crippen molar-refractivity contribution < 1.29 is 9.53 Å². The Morgan fingerprint density at radius 1 is 1.12 bits per heavy atom. The summed E-state index contributed by atoms with van der Waals surface area (Å²) in [7, 11) is 0. The number of halogens is 1. The quantitative estimate of drug-likeness (QED) is 0.318. The van der Waals surface area contributed by atoms with E-state index in [1.807, 2.05) is 73.9 Å². The Labute approximate surface area is 203 Å². The smallest absolute Gasteiger partial charge is 0.415 e. The van der Waals surface area contributed by atoms with E-state index in [9.17, 15) is 4.79 Å². The van der Waals surface area contributed by atoms with Crippen molar-refractivity contribution in [2.24, 2.45) is 0 Å². The Bertz CT molecular complexity index is 1330. The maximum atomic E-state index is 13.0. The molecular formula is C26H26ClN5O2. The number of benzene rings is 1. The number of ether oxygens (including phenoxy) is 1. The maximum Gasteiger partial charge on any atom is 0.415 e. The van der Waals surface area contributed by atoms with Gasteiger partial charge in [-0.1, -0.05) is 6.07 Å². The molecule has 0 spiro atoms. The van der Waals surface area contributed by atoms with Crippen molar-refractivity contribution in [1.82, 2.24) is 19.5 Å². The van der Waals surface area contributed by atoms with Gasteiger partial charge in [0.1, 0.15) is 11.2 Å². The van der Waals surface area contributed by atoms with Crippen molar-refractivity contribution in [2.75, 3.05) is 4.90 Å². The first-order valence-corrected chi connectivity index (χ1v) is 11.8. The van der Waals surface area contributed by atoms with Gasteiger partial charge in [-0.25, -0.2) is 9.78 Å². The monoisotopic (exact) mass is 475 g/mol. The molecule has 5 rings (SSSR count). The lowest BCUT2D eigenvalue weighted by molar-refractivity contribution is 0.0549. The van der Waals surface area contributed by atoms with Crippen LogP contribution < -0.4 is 4.90 Å². The molecule has 0 aliphatic heterocycles. The minimum absolute atomic E-state index is 0.156. The van der Waals surface area contributed by atoms with E-state index in [1.165, 1.54) is 0 Å². The van der Waals surface area contributed by atoms with Crippen LogP contribution in [0.2, 0.25) is 5.28 Å².